The molecule has 2 bridgehead atoms. The Balaban J connectivity index is 1.90. The van der Waals surface area contributed by atoms with E-state index in [9.17, 15) is 9.59 Å². The van der Waals surface area contributed by atoms with Crippen molar-refractivity contribution in [2.24, 2.45) is 0 Å². The molecule has 0 aliphatic carbocycles. The number of carbonyl (C=O) groups is 2. The molecule has 1 amide bonds. The summed E-state index contributed by atoms with van der Waals surface area (Å²) in [5.41, 5.74) is -0.455. The Morgan fingerprint density at radius 3 is 2.48 bits per heavy atom. The summed E-state index contributed by atoms with van der Waals surface area (Å²) in [5, 5.41) is 9.16. The van der Waals surface area contributed by atoms with E-state index in [1.807, 2.05) is 31.7 Å². The van der Waals surface area contributed by atoms with Crippen LogP contribution in [0.4, 0.5) is 4.79 Å². The molecule has 2 unspecified atom stereocenters. The van der Waals surface area contributed by atoms with Crippen molar-refractivity contribution in [2.75, 3.05) is 6.61 Å². The summed E-state index contributed by atoms with van der Waals surface area (Å²) in [7, 11) is 0. The zero-order chi connectivity index (χ0) is 19.8. The van der Waals surface area contributed by atoms with E-state index in [2.05, 4.69) is 20.9 Å². The van der Waals surface area contributed by atoms with E-state index in [1.165, 1.54) is 0 Å². The number of rotatable bonds is 4. The van der Waals surface area contributed by atoms with Crippen LogP contribution < -0.4 is 0 Å². The third-order valence-electron chi connectivity index (χ3n) is 5.09. The van der Waals surface area contributed by atoms with E-state index in [0.717, 1.165) is 22.9 Å². The maximum Gasteiger partial charge on any atom is 0.410 e. The van der Waals surface area contributed by atoms with Gasteiger partial charge in [0, 0.05) is 47.4 Å². The maximum absolute atomic E-state index is 12.7. The first-order valence-electron chi connectivity index (χ1n) is 9.08. The van der Waals surface area contributed by atoms with Gasteiger partial charge in [0.05, 0.1) is 5.60 Å². The highest BCUT2D eigenvalue weighted by atomic mass is 79.9. The van der Waals surface area contributed by atoms with Crippen LogP contribution in [0.25, 0.3) is 0 Å². The van der Waals surface area contributed by atoms with Gasteiger partial charge in [-0.25, -0.2) is 9.59 Å². The van der Waals surface area contributed by atoms with Gasteiger partial charge in [0.2, 0.25) is 0 Å². The molecule has 0 radical (unpaired) electrons. The quantitative estimate of drug-likeness (QED) is 0.767. The van der Waals surface area contributed by atoms with E-state index < -0.39 is 17.2 Å². The fraction of sp³-hybridized carbons (Fsp3) is 0.632. The Bertz CT molecular complexity index is 719. The highest BCUT2D eigenvalue weighted by molar-refractivity contribution is 9.10. The Morgan fingerprint density at radius 1 is 1.33 bits per heavy atom. The van der Waals surface area contributed by atoms with Gasteiger partial charge < -0.3 is 19.5 Å². The molecular formula is C19H25BrN2O5. The van der Waals surface area contributed by atoms with Crippen molar-refractivity contribution < 1.29 is 24.2 Å². The van der Waals surface area contributed by atoms with E-state index in [1.54, 1.807) is 12.4 Å². The highest BCUT2D eigenvalue weighted by Crippen LogP contribution is 2.49. The summed E-state index contributed by atoms with van der Waals surface area (Å²) in [4.78, 5) is 29.8. The topological polar surface area (TPSA) is 89.0 Å². The van der Waals surface area contributed by atoms with Crippen LogP contribution in [0, 0.1) is 0 Å². The van der Waals surface area contributed by atoms with E-state index >= 15 is 0 Å². The molecule has 27 heavy (non-hydrogen) atoms. The lowest BCUT2D eigenvalue weighted by atomic mass is 9.80. The Kier molecular flexibility index (Phi) is 5.49. The van der Waals surface area contributed by atoms with Crippen LogP contribution in [0.5, 0.6) is 0 Å². The molecule has 7 nitrogen and oxygen atoms in total. The number of carbonyl (C=O) groups excluding carboxylic acids is 1. The minimum Gasteiger partial charge on any atom is -0.480 e. The number of piperidine rings is 1. The molecule has 1 aromatic heterocycles. The summed E-state index contributed by atoms with van der Waals surface area (Å²) in [6.45, 7) is 5.17. The first kappa shape index (κ1) is 20.1. The fourth-order valence-corrected chi connectivity index (χ4v) is 4.79. The van der Waals surface area contributed by atoms with Crippen molar-refractivity contribution in [1.29, 1.82) is 0 Å². The number of ether oxygens (including phenoxy) is 2. The predicted octanol–water partition coefficient (Wildman–Crippen LogP) is 3.70. The number of carboxylic acids is 1. The third kappa shape index (κ3) is 4.27. The van der Waals surface area contributed by atoms with Gasteiger partial charge in [0.1, 0.15) is 12.2 Å². The van der Waals surface area contributed by atoms with Gasteiger partial charge in [-0.05, 0) is 55.6 Å². The predicted molar refractivity (Wildman–Crippen MR) is 101 cm³/mol. The summed E-state index contributed by atoms with van der Waals surface area (Å²) in [6, 6.07) is 1.76. The second-order valence-corrected chi connectivity index (χ2v) is 9.07. The zero-order valence-corrected chi connectivity index (χ0v) is 17.4. The standard InChI is InChI=1S/C19H25BrN2O5/c1-18(2,3)27-17(25)22-12-4-5-13(22)9-19(8-12,26-11-16(23)24)14-6-7-21-10-15(14)20/h6-7,10,12-13H,4-5,8-9,11H2,1-3H3,(H,23,24). The molecule has 3 rings (SSSR count). The van der Waals surface area contributed by atoms with Gasteiger partial charge >= 0.3 is 12.1 Å². The molecule has 1 N–H and O–H groups in total. The summed E-state index contributed by atoms with van der Waals surface area (Å²) >= 11 is 3.52. The average molecular weight is 441 g/mol. The van der Waals surface area contributed by atoms with Gasteiger partial charge in [-0.15, -0.1) is 0 Å². The largest absolute Gasteiger partial charge is 0.480 e. The number of carboxylic acid groups (broad SMARTS) is 1. The normalized spacial score (nSPS) is 27.5. The fourth-order valence-electron chi connectivity index (χ4n) is 4.18. The van der Waals surface area contributed by atoms with Crippen LogP contribution in [0.15, 0.2) is 22.9 Å². The summed E-state index contributed by atoms with van der Waals surface area (Å²) in [6.07, 6.45) is 5.81. The summed E-state index contributed by atoms with van der Waals surface area (Å²) < 4.78 is 12.3. The molecule has 2 aliphatic rings. The molecule has 3 heterocycles. The van der Waals surface area contributed by atoms with Crippen molar-refractivity contribution in [1.82, 2.24) is 9.88 Å². The van der Waals surface area contributed by atoms with Crippen LogP contribution in [-0.4, -0.2) is 51.3 Å². The van der Waals surface area contributed by atoms with Crippen LogP contribution in [0.2, 0.25) is 0 Å². The van der Waals surface area contributed by atoms with Crippen molar-refractivity contribution >= 4 is 28.0 Å². The second-order valence-electron chi connectivity index (χ2n) is 8.21. The molecule has 148 valence electrons. The Labute approximate surface area is 167 Å². The van der Waals surface area contributed by atoms with Crippen LogP contribution in [-0.2, 0) is 19.9 Å². The Hall–Kier alpha value is -1.67. The minimum absolute atomic E-state index is 0.0486. The molecule has 8 heteroatoms. The van der Waals surface area contributed by atoms with E-state index in [0.29, 0.717) is 12.8 Å². The number of nitrogens with zero attached hydrogens (tertiary/aromatic N) is 2. The zero-order valence-electron chi connectivity index (χ0n) is 15.8. The number of fused-ring (bicyclic) bond motifs is 2. The van der Waals surface area contributed by atoms with Crippen LogP contribution in [0.1, 0.15) is 52.0 Å². The monoisotopic (exact) mass is 440 g/mol. The Morgan fingerprint density at radius 2 is 1.96 bits per heavy atom. The van der Waals surface area contributed by atoms with Gasteiger partial charge in [-0.1, -0.05) is 0 Å². The van der Waals surface area contributed by atoms with Crippen LogP contribution in [0.3, 0.4) is 0 Å². The molecule has 1 aromatic rings. The molecule has 0 spiro atoms. The molecule has 2 atom stereocenters. The molecule has 2 aliphatic heterocycles. The molecule has 2 saturated heterocycles. The van der Waals surface area contributed by atoms with Crippen molar-refractivity contribution in [2.45, 2.75) is 69.7 Å². The maximum atomic E-state index is 12.7. The van der Waals surface area contributed by atoms with Gasteiger partial charge in [0.15, 0.2) is 0 Å². The number of aliphatic carboxylic acids is 1. The lowest BCUT2D eigenvalue weighted by Crippen LogP contribution is -2.54. The van der Waals surface area contributed by atoms with E-state index in [-0.39, 0.29) is 24.8 Å². The molecule has 0 saturated carbocycles. The third-order valence-corrected chi connectivity index (χ3v) is 5.72. The lowest BCUT2D eigenvalue weighted by molar-refractivity contribution is -0.158. The van der Waals surface area contributed by atoms with Crippen LogP contribution >= 0.6 is 15.9 Å². The number of aromatic nitrogens is 1. The number of hydrogen-bond donors (Lipinski definition) is 1. The number of pyridine rings is 1. The highest BCUT2D eigenvalue weighted by Gasteiger charge is 2.53. The first-order valence-corrected chi connectivity index (χ1v) is 9.88. The number of amides is 1. The molecule has 2 fully saturated rings. The first-order chi connectivity index (χ1) is 12.6. The number of halogens is 1. The summed E-state index contributed by atoms with van der Waals surface area (Å²) in [5.74, 6) is -1.01. The second kappa shape index (κ2) is 7.39. The van der Waals surface area contributed by atoms with E-state index in [4.69, 9.17) is 14.6 Å². The SMILES string of the molecule is CC(C)(C)OC(=O)N1C2CCC1CC(OCC(=O)O)(c1ccncc1Br)C2. The van der Waals surface area contributed by atoms with Crippen molar-refractivity contribution in [3.8, 4) is 0 Å². The number of hydrogen-bond acceptors (Lipinski definition) is 5. The van der Waals surface area contributed by atoms with Crippen molar-refractivity contribution in [3.05, 3.63) is 28.5 Å². The van der Waals surface area contributed by atoms with Gasteiger partial charge in [-0.3, -0.25) is 4.98 Å². The van der Waals surface area contributed by atoms with Crippen molar-refractivity contribution in [3.63, 3.8) is 0 Å². The lowest BCUT2D eigenvalue weighted by Gasteiger charge is -2.46. The molecular weight excluding hydrogens is 416 g/mol. The average Bonchev–Trinajstić information content (AvgIpc) is 2.84. The minimum atomic E-state index is -1.01. The van der Waals surface area contributed by atoms with Gasteiger partial charge in [-0.2, -0.15) is 0 Å². The smallest absolute Gasteiger partial charge is 0.410 e. The van der Waals surface area contributed by atoms with Gasteiger partial charge in [0.25, 0.3) is 0 Å². The molecule has 0 aromatic carbocycles.